The fraction of sp³-hybridized carbons (Fsp3) is 0.0833. The van der Waals surface area contributed by atoms with Crippen molar-refractivity contribution in [3.63, 3.8) is 0 Å². The zero-order valence-corrected chi connectivity index (χ0v) is 18.1. The second-order valence-electron chi connectivity index (χ2n) is 7.00. The molecule has 0 spiro atoms. The van der Waals surface area contributed by atoms with E-state index in [0.717, 1.165) is 5.56 Å². The molecule has 148 valence electrons. The molecule has 0 bridgehead atoms. The van der Waals surface area contributed by atoms with Crippen LogP contribution in [-0.4, -0.2) is 9.97 Å². The molecule has 0 N–H and O–H groups in total. The van der Waals surface area contributed by atoms with Crippen LogP contribution in [0.3, 0.4) is 0 Å². The number of pyridine rings is 2. The summed E-state index contributed by atoms with van der Waals surface area (Å²) in [5.41, 5.74) is 1.32. The van der Waals surface area contributed by atoms with Crippen LogP contribution in [0.25, 0.3) is 0 Å². The van der Waals surface area contributed by atoms with Gasteiger partial charge in [-0.15, -0.1) is 0 Å². The van der Waals surface area contributed by atoms with Gasteiger partial charge in [0.2, 0.25) is 0 Å². The molecule has 5 rings (SSSR count). The van der Waals surface area contributed by atoms with Crippen molar-refractivity contribution >= 4 is 23.2 Å². The minimum Gasteiger partial charge on any atom is -0.821 e. The average Bonchev–Trinajstić information content (AvgIpc) is 3.07. The van der Waals surface area contributed by atoms with E-state index < -0.39 is 11.4 Å². The number of aromatic nitrogens is 2. The van der Waals surface area contributed by atoms with Gasteiger partial charge in [0.25, 0.3) is 0 Å². The molecule has 0 saturated heterocycles. The summed E-state index contributed by atoms with van der Waals surface area (Å²) in [6, 6.07) is 23.7. The van der Waals surface area contributed by atoms with Gasteiger partial charge in [0.1, 0.15) is 15.9 Å². The predicted molar refractivity (Wildman–Crippen MR) is 113 cm³/mol. The number of nitrogens with zero attached hydrogens (tertiary/aromatic N) is 2. The van der Waals surface area contributed by atoms with E-state index in [4.69, 9.17) is 27.9 Å². The quantitative estimate of drug-likeness (QED) is 0.359. The summed E-state index contributed by atoms with van der Waals surface area (Å²) in [6.45, 7) is 0. The fourth-order valence-electron chi connectivity index (χ4n) is 4.12. The van der Waals surface area contributed by atoms with Crippen LogP contribution in [0.2, 0.25) is 10.3 Å². The Bertz CT molecular complexity index is 1230. The molecular formula is C24H15Cl2LiN2O2. The monoisotopic (exact) mass is 440 g/mol. The Morgan fingerprint density at radius 3 is 1.94 bits per heavy atom. The predicted octanol–water partition coefficient (Wildman–Crippen LogP) is 1.67. The minimum atomic E-state index is -2.09. The summed E-state index contributed by atoms with van der Waals surface area (Å²) in [6.07, 6.45) is 3.17. The second-order valence-corrected chi connectivity index (χ2v) is 7.71. The van der Waals surface area contributed by atoms with Crippen molar-refractivity contribution in [1.82, 2.24) is 9.97 Å². The molecule has 0 aliphatic carbocycles. The van der Waals surface area contributed by atoms with Crippen molar-refractivity contribution in [2.24, 2.45) is 0 Å². The summed E-state index contributed by atoms with van der Waals surface area (Å²) in [5, 5.41) is 14.8. The van der Waals surface area contributed by atoms with E-state index in [1.165, 1.54) is 0 Å². The van der Waals surface area contributed by atoms with Gasteiger partial charge in [-0.1, -0.05) is 89.9 Å². The second kappa shape index (κ2) is 8.41. The number of benzene rings is 2. The first-order chi connectivity index (χ1) is 14.6. The van der Waals surface area contributed by atoms with Crippen LogP contribution in [-0.2, 0) is 16.1 Å². The number of rotatable bonds is 3. The van der Waals surface area contributed by atoms with E-state index >= 15 is 0 Å². The van der Waals surface area contributed by atoms with E-state index in [-0.39, 0.29) is 34.7 Å². The molecule has 0 amide bonds. The smallest absolute Gasteiger partial charge is 0.821 e. The van der Waals surface area contributed by atoms with Crippen LogP contribution in [0.15, 0.2) is 91.3 Å². The summed E-state index contributed by atoms with van der Waals surface area (Å²) < 4.78 is 6.52. The Morgan fingerprint density at radius 2 is 1.29 bits per heavy atom. The van der Waals surface area contributed by atoms with Crippen molar-refractivity contribution in [3.8, 4) is 0 Å². The summed E-state index contributed by atoms with van der Waals surface area (Å²) >= 11 is 13.1. The molecule has 1 aliphatic heterocycles. The van der Waals surface area contributed by atoms with Gasteiger partial charge in [-0.25, -0.2) is 9.97 Å². The Kier molecular flexibility index (Phi) is 5.98. The van der Waals surface area contributed by atoms with Gasteiger partial charge < -0.3 is 9.84 Å². The Balaban J connectivity index is 0.00000231. The first-order valence-corrected chi connectivity index (χ1v) is 10.1. The summed E-state index contributed by atoms with van der Waals surface area (Å²) in [7, 11) is 0. The fourth-order valence-corrected chi connectivity index (χ4v) is 4.65. The van der Waals surface area contributed by atoms with Crippen LogP contribution in [0.4, 0.5) is 0 Å². The molecule has 2 aromatic carbocycles. The molecule has 0 saturated carbocycles. The zero-order valence-electron chi connectivity index (χ0n) is 16.6. The van der Waals surface area contributed by atoms with Gasteiger partial charge in [-0.05, 0) is 23.3 Å². The minimum absolute atomic E-state index is 0. The van der Waals surface area contributed by atoms with E-state index in [2.05, 4.69) is 9.97 Å². The molecule has 2 unspecified atom stereocenters. The molecule has 4 aromatic rings. The van der Waals surface area contributed by atoms with E-state index in [9.17, 15) is 5.11 Å². The molecule has 31 heavy (non-hydrogen) atoms. The third-order valence-electron chi connectivity index (χ3n) is 5.38. The molecule has 4 nitrogen and oxygen atoms in total. The maximum Gasteiger partial charge on any atom is 1.00 e. The van der Waals surface area contributed by atoms with Gasteiger partial charge in [0, 0.05) is 29.1 Å². The maximum atomic E-state index is 14.4. The van der Waals surface area contributed by atoms with Crippen molar-refractivity contribution in [3.05, 3.63) is 129 Å². The van der Waals surface area contributed by atoms with E-state index in [0.29, 0.717) is 16.7 Å². The zero-order chi connectivity index (χ0) is 20.8. The third-order valence-corrected chi connectivity index (χ3v) is 5.97. The SMILES string of the molecule is [Li+].[O-]C1(c2ccccc2)OC(c2ccccc2)(c2cccnc2Cl)c2ccnc(Cl)c21. The third kappa shape index (κ3) is 3.32. The molecule has 7 heteroatoms. The average molecular weight is 441 g/mol. The van der Waals surface area contributed by atoms with Crippen LogP contribution in [0.5, 0.6) is 0 Å². The van der Waals surface area contributed by atoms with E-state index in [1.807, 2.05) is 42.5 Å². The first kappa shape index (κ1) is 22.0. The largest absolute Gasteiger partial charge is 1.00 e. The van der Waals surface area contributed by atoms with Gasteiger partial charge >= 0.3 is 18.9 Å². The molecular weight excluding hydrogens is 426 g/mol. The van der Waals surface area contributed by atoms with Crippen LogP contribution < -0.4 is 24.0 Å². The van der Waals surface area contributed by atoms with Crippen molar-refractivity contribution in [1.29, 1.82) is 0 Å². The normalized spacial score (nSPS) is 21.9. The number of hydrogen-bond donors (Lipinski definition) is 0. The van der Waals surface area contributed by atoms with Crippen LogP contribution in [0.1, 0.15) is 27.8 Å². The standard InChI is InChI=1S/C24H15Cl2N2O2.Li/c25-21-19(12-7-14-27-21)23(16-8-3-1-4-9-16)18-13-15-28-22(26)20(18)24(29,30-23)17-10-5-2-6-11-17;/h1-15H;/q-1;+1. The molecule has 3 heterocycles. The van der Waals surface area contributed by atoms with Gasteiger partial charge in [0.05, 0.1) is 5.79 Å². The van der Waals surface area contributed by atoms with Gasteiger partial charge in [0.15, 0.2) is 0 Å². The van der Waals surface area contributed by atoms with Gasteiger partial charge in [-0.2, -0.15) is 0 Å². The van der Waals surface area contributed by atoms with Crippen molar-refractivity contribution in [2.45, 2.75) is 11.4 Å². The Labute approximate surface area is 202 Å². The maximum absolute atomic E-state index is 14.4. The Morgan fingerprint density at radius 1 is 0.677 bits per heavy atom. The van der Waals surface area contributed by atoms with Crippen molar-refractivity contribution in [2.75, 3.05) is 0 Å². The summed E-state index contributed by atoms with van der Waals surface area (Å²) in [5.74, 6) is -2.09. The van der Waals surface area contributed by atoms with Crippen LogP contribution in [0, 0.1) is 0 Å². The number of fused-ring (bicyclic) bond motifs is 1. The number of halogens is 2. The van der Waals surface area contributed by atoms with Crippen molar-refractivity contribution < 1.29 is 28.7 Å². The molecule has 2 atom stereocenters. The van der Waals surface area contributed by atoms with Gasteiger partial charge in [-0.3, -0.25) is 0 Å². The Hall–Kier alpha value is -2.16. The first-order valence-electron chi connectivity index (χ1n) is 9.35. The molecule has 1 aliphatic rings. The van der Waals surface area contributed by atoms with E-state index in [1.54, 1.807) is 48.8 Å². The molecule has 2 aromatic heterocycles. The molecule has 0 fully saturated rings. The summed E-state index contributed by atoms with van der Waals surface area (Å²) in [4.78, 5) is 8.43. The number of ether oxygens (including phenoxy) is 1. The number of hydrogen-bond acceptors (Lipinski definition) is 4. The van der Waals surface area contributed by atoms with Crippen LogP contribution >= 0.6 is 23.2 Å². The topological polar surface area (TPSA) is 58.1 Å². The molecule has 0 radical (unpaired) electrons.